The first-order chi connectivity index (χ1) is 15.6. The molecule has 2 aliphatic heterocycles. The van der Waals surface area contributed by atoms with Crippen LogP contribution >= 0.6 is 0 Å². The highest BCUT2D eigenvalue weighted by Gasteiger charge is 2.27. The van der Waals surface area contributed by atoms with E-state index in [1.54, 1.807) is 18.6 Å². The van der Waals surface area contributed by atoms with Gasteiger partial charge < -0.3 is 20.3 Å². The number of ether oxygens (including phenoxy) is 1. The van der Waals surface area contributed by atoms with Gasteiger partial charge in [-0.2, -0.15) is 0 Å². The molecule has 1 amide bonds. The third-order valence-electron chi connectivity index (χ3n) is 5.91. The smallest absolute Gasteiger partial charge is 0.258 e. The second-order valence-corrected chi connectivity index (χ2v) is 8.03. The monoisotopic (exact) mass is 427 g/mol. The Morgan fingerprint density at radius 2 is 1.88 bits per heavy atom. The molecule has 2 aliphatic rings. The molecule has 162 valence electrons. The number of nitrogens with one attached hydrogen (secondary N) is 2. The van der Waals surface area contributed by atoms with Crippen molar-refractivity contribution in [3.63, 3.8) is 0 Å². The first kappa shape index (κ1) is 20.2. The van der Waals surface area contributed by atoms with Gasteiger partial charge in [0.05, 0.1) is 36.4 Å². The highest BCUT2D eigenvalue weighted by Crippen LogP contribution is 2.36. The number of pyridine rings is 2. The topological polar surface area (TPSA) is 79.4 Å². The van der Waals surface area contributed by atoms with E-state index in [-0.39, 0.29) is 5.91 Å². The third kappa shape index (κ3) is 3.83. The SMILES string of the molecule is C/C(Nc1ccc(N2CCOCC2)cc1)=C1/C(=O)Nc2cnc(-c3cnccc3C)cc21. The van der Waals surface area contributed by atoms with Gasteiger partial charge in [0.1, 0.15) is 0 Å². The van der Waals surface area contributed by atoms with Crippen LogP contribution in [-0.4, -0.2) is 42.2 Å². The van der Waals surface area contributed by atoms with Gasteiger partial charge in [-0.1, -0.05) is 0 Å². The van der Waals surface area contributed by atoms with E-state index in [2.05, 4.69) is 37.6 Å². The van der Waals surface area contributed by atoms with Crippen LogP contribution in [0.25, 0.3) is 16.8 Å². The second-order valence-electron chi connectivity index (χ2n) is 8.03. The lowest BCUT2D eigenvalue weighted by atomic mass is 10.0. The summed E-state index contributed by atoms with van der Waals surface area (Å²) in [6, 6.07) is 12.2. The number of hydrogen-bond acceptors (Lipinski definition) is 6. The fraction of sp³-hybridized carbons (Fsp3) is 0.240. The lowest BCUT2D eigenvalue weighted by molar-refractivity contribution is -0.110. The van der Waals surface area contributed by atoms with Gasteiger partial charge in [-0.25, -0.2) is 0 Å². The van der Waals surface area contributed by atoms with E-state index in [0.29, 0.717) is 5.57 Å². The summed E-state index contributed by atoms with van der Waals surface area (Å²) >= 11 is 0. The Hall–Kier alpha value is -3.71. The molecule has 0 aliphatic carbocycles. The lowest BCUT2D eigenvalue weighted by Crippen LogP contribution is -2.36. The Labute approximate surface area is 187 Å². The number of rotatable bonds is 4. The molecule has 5 rings (SSSR count). The van der Waals surface area contributed by atoms with Crippen LogP contribution < -0.4 is 15.5 Å². The number of carbonyl (C=O) groups excluding carboxylic acids is 1. The van der Waals surface area contributed by atoms with E-state index >= 15 is 0 Å². The molecule has 0 spiro atoms. The third-order valence-corrected chi connectivity index (χ3v) is 5.91. The van der Waals surface area contributed by atoms with Gasteiger partial charge in [0, 0.05) is 53.7 Å². The highest BCUT2D eigenvalue weighted by atomic mass is 16.5. The van der Waals surface area contributed by atoms with Crippen LogP contribution in [0.2, 0.25) is 0 Å². The van der Waals surface area contributed by atoms with Crippen LogP contribution in [-0.2, 0) is 9.53 Å². The highest BCUT2D eigenvalue weighted by molar-refractivity contribution is 6.32. The summed E-state index contributed by atoms with van der Waals surface area (Å²) in [6.45, 7) is 7.28. The molecule has 0 radical (unpaired) electrons. The van der Waals surface area contributed by atoms with Crippen molar-refractivity contribution in [1.82, 2.24) is 9.97 Å². The fourth-order valence-electron chi connectivity index (χ4n) is 4.18. The largest absolute Gasteiger partial charge is 0.378 e. The van der Waals surface area contributed by atoms with E-state index < -0.39 is 0 Å². The van der Waals surface area contributed by atoms with Crippen molar-refractivity contribution in [3.05, 3.63) is 71.8 Å². The molecule has 2 N–H and O–H groups in total. The van der Waals surface area contributed by atoms with Crippen LogP contribution in [0.1, 0.15) is 18.1 Å². The first-order valence-electron chi connectivity index (χ1n) is 10.7. The Bertz CT molecular complexity index is 1200. The normalized spacial score (nSPS) is 17.1. The maximum atomic E-state index is 12.8. The van der Waals surface area contributed by atoms with Gasteiger partial charge in [0.15, 0.2) is 0 Å². The van der Waals surface area contributed by atoms with Crippen LogP contribution in [0.3, 0.4) is 0 Å². The molecule has 3 aromatic rings. The maximum absolute atomic E-state index is 12.8. The van der Waals surface area contributed by atoms with Crippen molar-refractivity contribution in [2.75, 3.05) is 41.8 Å². The number of fused-ring (bicyclic) bond motifs is 1. The zero-order valence-corrected chi connectivity index (χ0v) is 18.2. The summed E-state index contributed by atoms with van der Waals surface area (Å²) in [5, 5.41) is 6.32. The number of anilines is 3. The number of aryl methyl sites for hydroxylation is 1. The molecule has 4 heterocycles. The number of amides is 1. The molecule has 0 bridgehead atoms. The van der Waals surface area contributed by atoms with Gasteiger partial charge in [-0.15, -0.1) is 0 Å². The van der Waals surface area contributed by atoms with Crippen LogP contribution in [0, 0.1) is 6.92 Å². The number of morpholine rings is 1. The van der Waals surface area contributed by atoms with E-state index in [9.17, 15) is 4.79 Å². The number of allylic oxidation sites excluding steroid dienone is 1. The number of nitrogens with zero attached hydrogens (tertiary/aromatic N) is 3. The maximum Gasteiger partial charge on any atom is 0.258 e. The molecule has 1 fully saturated rings. The predicted octanol–water partition coefficient (Wildman–Crippen LogP) is 4.08. The summed E-state index contributed by atoms with van der Waals surface area (Å²) in [6.07, 6.45) is 5.28. The average Bonchev–Trinajstić information content (AvgIpc) is 3.15. The minimum Gasteiger partial charge on any atom is -0.378 e. The van der Waals surface area contributed by atoms with Crippen molar-refractivity contribution in [3.8, 4) is 11.3 Å². The van der Waals surface area contributed by atoms with Crippen LogP contribution in [0.15, 0.2) is 60.7 Å². The molecule has 1 aromatic carbocycles. The van der Waals surface area contributed by atoms with Gasteiger partial charge >= 0.3 is 0 Å². The Morgan fingerprint density at radius 3 is 2.62 bits per heavy atom. The van der Waals surface area contributed by atoms with Crippen molar-refractivity contribution >= 4 is 28.5 Å². The number of aromatic nitrogens is 2. The Balaban J connectivity index is 1.43. The quantitative estimate of drug-likeness (QED) is 0.611. The molecule has 1 saturated heterocycles. The summed E-state index contributed by atoms with van der Waals surface area (Å²) in [7, 11) is 0. The van der Waals surface area contributed by atoms with Crippen molar-refractivity contribution in [2.45, 2.75) is 13.8 Å². The van der Waals surface area contributed by atoms with E-state index in [1.807, 2.05) is 38.1 Å². The van der Waals surface area contributed by atoms with E-state index in [0.717, 1.165) is 65.8 Å². The molecule has 7 heteroatoms. The molecular formula is C25H25N5O2. The predicted molar refractivity (Wildman–Crippen MR) is 127 cm³/mol. The standard InChI is InChI=1S/C25H25N5O2/c1-16-7-8-26-14-21(16)22-13-20-23(15-27-22)29-25(31)24(20)17(2)28-18-3-5-19(6-4-18)30-9-11-32-12-10-30/h3-8,13-15,28H,9-12H2,1-2H3,(H,29,31)/b24-17-. The Kier molecular flexibility index (Phi) is 5.33. The summed E-state index contributed by atoms with van der Waals surface area (Å²) in [4.78, 5) is 23.8. The zero-order chi connectivity index (χ0) is 22.1. The number of hydrogen-bond donors (Lipinski definition) is 2. The van der Waals surface area contributed by atoms with Crippen LogP contribution in [0.5, 0.6) is 0 Å². The molecule has 32 heavy (non-hydrogen) atoms. The van der Waals surface area contributed by atoms with Crippen molar-refractivity contribution in [1.29, 1.82) is 0 Å². The number of carbonyl (C=O) groups is 1. The van der Waals surface area contributed by atoms with Gasteiger partial charge in [-0.05, 0) is 55.8 Å². The van der Waals surface area contributed by atoms with Gasteiger partial charge in [0.2, 0.25) is 0 Å². The summed E-state index contributed by atoms with van der Waals surface area (Å²) in [5.41, 5.74) is 7.94. The Morgan fingerprint density at radius 1 is 1.09 bits per heavy atom. The van der Waals surface area contributed by atoms with Crippen LogP contribution in [0.4, 0.5) is 17.1 Å². The summed E-state index contributed by atoms with van der Waals surface area (Å²) < 4.78 is 5.43. The average molecular weight is 428 g/mol. The molecule has 0 saturated carbocycles. The molecule has 7 nitrogen and oxygen atoms in total. The molecule has 2 aromatic heterocycles. The van der Waals surface area contributed by atoms with E-state index in [4.69, 9.17) is 4.74 Å². The summed E-state index contributed by atoms with van der Waals surface area (Å²) in [5.74, 6) is -0.128. The zero-order valence-electron chi connectivity index (χ0n) is 18.2. The second kappa shape index (κ2) is 8.43. The van der Waals surface area contributed by atoms with Gasteiger partial charge in [-0.3, -0.25) is 14.8 Å². The lowest BCUT2D eigenvalue weighted by Gasteiger charge is -2.29. The van der Waals surface area contributed by atoms with Crippen molar-refractivity contribution in [2.24, 2.45) is 0 Å². The minimum atomic E-state index is -0.128. The molecular weight excluding hydrogens is 402 g/mol. The van der Waals surface area contributed by atoms with Gasteiger partial charge in [0.25, 0.3) is 5.91 Å². The minimum absolute atomic E-state index is 0.128. The molecule has 0 unspecified atom stereocenters. The van der Waals surface area contributed by atoms with Crippen molar-refractivity contribution < 1.29 is 9.53 Å². The number of benzene rings is 1. The first-order valence-corrected chi connectivity index (χ1v) is 10.7. The fourth-order valence-corrected chi connectivity index (χ4v) is 4.18. The molecule has 0 atom stereocenters. The van der Waals surface area contributed by atoms with E-state index in [1.165, 1.54) is 5.69 Å².